The van der Waals surface area contributed by atoms with Crippen molar-refractivity contribution in [3.05, 3.63) is 54.0 Å². The number of benzene rings is 1. The number of likely N-dealkylation sites (N-methyl/N-ethyl adjacent to an activating group) is 1. The summed E-state index contributed by atoms with van der Waals surface area (Å²) in [5.41, 5.74) is 1.54. The number of morpholine rings is 1. The van der Waals surface area contributed by atoms with E-state index in [1.54, 1.807) is 6.20 Å². The van der Waals surface area contributed by atoms with Gasteiger partial charge in [0.05, 0.1) is 18.8 Å². The molecule has 1 aromatic carbocycles. The molecular formula is C18H21N5O. The Bertz CT molecular complexity index is 700. The highest BCUT2D eigenvalue weighted by atomic mass is 16.5. The van der Waals surface area contributed by atoms with Crippen LogP contribution in [-0.2, 0) is 4.74 Å². The van der Waals surface area contributed by atoms with Crippen LogP contribution in [0.1, 0.15) is 24.2 Å². The molecule has 6 heteroatoms. The fourth-order valence-electron chi connectivity index (χ4n) is 3.13. The van der Waals surface area contributed by atoms with Crippen LogP contribution in [0.2, 0.25) is 0 Å². The lowest BCUT2D eigenvalue weighted by Gasteiger charge is -2.41. The molecule has 3 rings (SSSR count). The van der Waals surface area contributed by atoms with Gasteiger partial charge in [-0.2, -0.15) is 5.26 Å². The van der Waals surface area contributed by atoms with Crippen molar-refractivity contribution in [3.63, 3.8) is 0 Å². The molecule has 0 amide bonds. The fourth-order valence-corrected chi connectivity index (χ4v) is 3.13. The number of aromatic nitrogens is 2. The number of ether oxygens (including phenoxy) is 1. The minimum Gasteiger partial charge on any atom is -0.373 e. The van der Waals surface area contributed by atoms with E-state index >= 15 is 0 Å². The van der Waals surface area contributed by atoms with Gasteiger partial charge in [0.15, 0.2) is 11.5 Å². The van der Waals surface area contributed by atoms with Gasteiger partial charge in [0.25, 0.3) is 0 Å². The second-order valence-electron chi connectivity index (χ2n) is 5.64. The lowest BCUT2D eigenvalue weighted by Crippen LogP contribution is -2.47. The zero-order valence-electron chi connectivity index (χ0n) is 13.7. The zero-order valence-corrected chi connectivity index (χ0v) is 13.7. The van der Waals surface area contributed by atoms with Gasteiger partial charge in [-0.05, 0) is 12.1 Å². The van der Waals surface area contributed by atoms with E-state index in [0.29, 0.717) is 24.7 Å². The lowest BCUT2D eigenvalue weighted by molar-refractivity contribution is -0.0639. The Kier molecular flexibility index (Phi) is 5.36. The van der Waals surface area contributed by atoms with E-state index in [1.807, 2.05) is 6.07 Å². The summed E-state index contributed by atoms with van der Waals surface area (Å²) in [6, 6.07) is 12.6. The van der Waals surface area contributed by atoms with E-state index in [1.165, 1.54) is 11.8 Å². The predicted molar refractivity (Wildman–Crippen MR) is 91.4 cm³/mol. The Morgan fingerprint density at radius 3 is 2.83 bits per heavy atom. The van der Waals surface area contributed by atoms with Crippen LogP contribution < -0.4 is 5.32 Å². The second kappa shape index (κ2) is 7.86. The maximum Gasteiger partial charge on any atom is 0.182 e. The Hall–Kier alpha value is -2.49. The molecule has 2 heterocycles. The van der Waals surface area contributed by atoms with Gasteiger partial charge in [-0.25, -0.2) is 9.97 Å². The SMILES string of the molecule is CCN1CCO[C@@H](CNc2nccnc2C#N)[C@@H]1c1ccccc1. The first-order valence-corrected chi connectivity index (χ1v) is 8.19. The largest absolute Gasteiger partial charge is 0.373 e. The van der Waals surface area contributed by atoms with Gasteiger partial charge < -0.3 is 10.1 Å². The number of nitrogens with one attached hydrogen (secondary N) is 1. The van der Waals surface area contributed by atoms with E-state index in [2.05, 4.69) is 57.4 Å². The average Bonchev–Trinajstić information content (AvgIpc) is 2.66. The van der Waals surface area contributed by atoms with E-state index in [0.717, 1.165) is 13.1 Å². The molecule has 124 valence electrons. The van der Waals surface area contributed by atoms with Crippen LogP contribution >= 0.6 is 0 Å². The molecule has 2 aromatic rings. The summed E-state index contributed by atoms with van der Waals surface area (Å²) in [6.45, 7) is 5.33. The number of anilines is 1. The first-order chi connectivity index (χ1) is 11.8. The molecule has 2 atom stereocenters. The fraction of sp³-hybridized carbons (Fsp3) is 0.389. The van der Waals surface area contributed by atoms with Crippen molar-refractivity contribution in [2.45, 2.75) is 19.1 Å². The van der Waals surface area contributed by atoms with Crippen LogP contribution in [0.3, 0.4) is 0 Å². The predicted octanol–water partition coefficient (Wildman–Crippen LogP) is 2.22. The Labute approximate surface area is 142 Å². The van der Waals surface area contributed by atoms with Gasteiger partial charge in [-0.3, -0.25) is 4.90 Å². The van der Waals surface area contributed by atoms with Crippen LogP contribution in [0.4, 0.5) is 5.82 Å². The number of nitrogens with zero attached hydrogens (tertiary/aromatic N) is 4. The highest BCUT2D eigenvalue weighted by Gasteiger charge is 2.32. The van der Waals surface area contributed by atoms with Crippen LogP contribution in [0.5, 0.6) is 0 Å². The van der Waals surface area contributed by atoms with E-state index in [-0.39, 0.29) is 12.1 Å². The van der Waals surface area contributed by atoms with Crippen molar-refractivity contribution >= 4 is 5.82 Å². The van der Waals surface area contributed by atoms with Gasteiger partial charge in [0, 0.05) is 25.5 Å². The van der Waals surface area contributed by atoms with Crippen molar-refractivity contribution < 1.29 is 4.74 Å². The van der Waals surface area contributed by atoms with Crippen LogP contribution in [0, 0.1) is 11.3 Å². The molecule has 6 nitrogen and oxygen atoms in total. The molecule has 0 spiro atoms. The molecule has 0 saturated carbocycles. The van der Waals surface area contributed by atoms with E-state index in [4.69, 9.17) is 10.00 Å². The highest BCUT2D eigenvalue weighted by Crippen LogP contribution is 2.29. The van der Waals surface area contributed by atoms with E-state index in [9.17, 15) is 0 Å². The molecule has 24 heavy (non-hydrogen) atoms. The Morgan fingerprint density at radius 2 is 2.08 bits per heavy atom. The quantitative estimate of drug-likeness (QED) is 0.909. The summed E-state index contributed by atoms with van der Waals surface area (Å²) in [6.07, 6.45) is 3.08. The third kappa shape index (κ3) is 3.53. The standard InChI is InChI=1S/C18H21N5O/c1-2-23-10-11-24-16(17(23)14-6-4-3-5-7-14)13-22-18-15(12-19)20-8-9-21-18/h3-9,16-17H,2,10-11,13H2,1H3,(H,21,22)/t16-,17-/m0/s1. The molecular weight excluding hydrogens is 302 g/mol. The first kappa shape index (κ1) is 16.4. The molecule has 1 saturated heterocycles. The molecule has 1 aliphatic rings. The van der Waals surface area contributed by atoms with Crippen molar-refractivity contribution in [2.24, 2.45) is 0 Å². The topological polar surface area (TPSA) is 74.1 Å². The van der Waals surface area contributed by atoms with Crippen LogP contribution in [-0.4, -0.2) is 47.2 Å². The highest BCUT2D eigenvalue weighted by molar-refractivity contribution is 5.46. The van der Waals surface area contributed by atoms with Gasteiger partial charge in [-0.15, -0.1) is 0 Å². The first-order valence-electron chi connectivity index (χ1n) is 8.19. The lowest BCUT2D eigenvalue weighted by atomic mass is 9.98. The minimum atomic E-state index is -0.0188. The van der Waals surface area contributed by atoms with E-state index < -0.39 is 0 Å². The molecule has 1 aromatic heterocycles. The number of nitriles is 1. The maximum absolute atomic E-state index is 9.13. The second-order valence-corrected chi connectivity index (χ2v) is 5.64. The normalized spacial score (nSPS) is 21.2. The maximum atomic E-state index is 9.13. The smallest absolute Gasteiger partial charge is 0.182 e. The van der Waals surface area contributed by atoms with Crippen molar-refractivity contribution in [1.82, 2.24) is 14.9 Å². The zero-order chi connectivity index (χ0) is 16.8. The van der Waals surface area contributed by atoms with Crippen LogP contribution in [0.25, 0.3) is 0 Å². The molecule has 0 radical (unpaired) electrons. The summed E-state index contributed by atoms with van der Waals surface area (Å²) in [5, 5.41) is 12.4. The monoisotopic (exact) mass is 323 g/mol. The third-order valence-electron chi connectivity index (χ3n) is 4.28. The van der Waals surface area contributed by atoms with Gasteiger partial charge >= 0.3 is 0 Å². The molecule has 0 unspecified atom stereocenters. The van der Waals surface area contributed by atoms with Gasteiger partial charge in [0.2, 0.25) is 0 Å². The third-order valence-corrected chi connectivity index (χ3v) is 4.28. The van der Waals surface area contributed by atoms with Gasteiger partial charge in [-0.1, -0.05) is 37.3 Å². The molecule has 1 fully saturated rings. The van der Waals surface area contributed by atoms with Crippen molar-refractivity contribution in [1.29, 1.82) is 5.26 Å². The average molecular weight is 323 g/mol. The summed E-state index contributed by atoms with van der Waals surface area (Å²) in [5.74, 6) is 0.504. The summed E-state index contributed by atoms with van der Waals surface area (Å²) in [4.78, 5) is 10.7. The number of hydrogen-bond donors (Lipinski definition) is 1. The summed E-state index contributed by atoms with van der Waals surface area (Å²) in [7, 11) is 0. The summed E-state index contributed by atoms with van der Waals surface area (Å²) < 4.78 is 6.04. The Balaban J connectivity index is 1.78. The molecule has 1 aliphatic heterocycles. The molecule has 0 aliphatic carbocycles. The van der Waals surface area contributed by atoms with Crippen molar-refractivity contribution in [2.75, 3.05) is 31.6 Å². The van der Waals surface area contributed by atoms with Crippen molar-refractivity contribution in [3.8, 4) is 6.07 Å². The number of rotatable bonds is 5. The molecule has 0 bridgehead atoms. The molecule has 1 N–H and O–H groups in total. The van der Waals surface area contributed by atoms with Gasteiger partial charge in [0.1, 0.15) is 6.07 Å². The Morgan fingerprint density at radius 1 is 1.29 bits per heavy atom. The summed E-state index contributed by atoms with van der Waals surface area (Å²) >= 11 is 0. The number of hydrogen-bond acceptors (Lipinski definition) is 6. The minimum absolute atomic E-state index is 0.0188. The van der Waals surface area contributed by atoms with Crippen LogP contribution in [0.15, 0.2) is 42.7 Å².